The molecule has 0 saturated heterocycles. The number of nitrogens with zero attached hydrogens (tertiary/aromatic N) is 3. The zero-order chi connectivity index (χ0) is 14.5. The van der Waals surface area contributed by atoms with Gasteiger partial charge in [0.15, 0.2) is 5.75 Å². The van der Waals surface area contributed by atoms with Gasteiger partial charge in [0.25, 0.3) is 0 Å². The summed E-state index contributed by atoms with van der Waals surface area (Å²) in [5, 5.41) is 12.5. The summed E-state index contributed by atoms with van der Waals surface area (Å²) in [6, 6.07) is 13.4. The first kappa shape index (κ1) is 13.5. The van der Waals surface area contributed by atoms with Crippen LogP contribution in [-0.2, 0) is 6.54 Å². The number of hydrogen-bond donors (Lipinski definition) is 1. The minimum Gasteiger partial charge on any atom is -0.435 e. The number of fused-ring (bicyclic) bond motifs is 1. The van der Waals surface area contributed by atoms with Crippen molar-refractivity contribution in [3.8, 4) is 11.6 Å². The highest BCUT2D eigenvalue weighted by molar-refractivity contribution is 5.84. The van der Waals surface area contributed by atoms with Gasteiger partial charge in [0, 0.05) is 24.2 Å². The summed E-state index contributed by atoms with van der Waals surface area (Å²) < 4.78 is 5.79. The first-order valence-electron chi connectivity index (χ1n) is 6.92. The molecular formula is C16H16N4O. The van der Waals surface area contributed by atoms with E-state index < -0.39 is 0 Å². The lowest BCUT2D eigenvalue weighted by molar-refractivity contribution is 0.457. The minimum absolute atomic E-state index is 0.466. The zero-order valence-electron chi connectivity index (χ0n) is 11.8. The molecule has 0 aliphatic carbocycles. The number of aromatic nitrogens is 3. The molecule has 3 aromatic rings. The lowest BCUT2D eigenvalue weighted by Crippen LogP contribution is -2.13. The van der Waals surface area contributed by atoms with E-state index in [1.807, 2.05) is 42.5 Å². The van der Waals surface area contributed by atoms with Crippen molar-refractivity contribution in [2.75, 3.05) is 6.54 Å². The van der Waals surface area contributed by atoms with Crippen LogP contribution in [0.15, 0.2) is 48.7 Å². The monoisotopic (exact) mass is 280 g/mol. The molecule has 106 valence electrons. The quantitative estimate of drug-likeness (QED) is 0.778. The van der Waals surface area contributed by atoms with Crippen LogP contribution in [0.2, 0.25) is 0 Å². The first-order chi connectivity index (χ1) is 10.4. The molecule has 0 radical (unpaired) electrons. The van der Waals surface area contributed by atoms with Crippen molar-refractivity contribution in [1.82, 2.24) is 20.5 Å². The van der Waals surface area contributed by atoms with Gasteiger partial charge in [0.2, 0.25) is 5.88 Å². The van der Waals surface area contributed by atoms with Crippen molar-refractivity contribution >= 4 is 10.9 Å². The largest absolute Gasteiger partial charge is 0.435 e. The van der Waals surface area contributed by atoms with Crippen LogP contribution in [0, 0.1) is 0 Å². The molecule has 2 heterocycles. The van der Waals surface area contributed by atoms with Gasteiger partial charge in [-0.1, -0.05) is 25.1 Å². The molecule has 2 aromatic heterocycles. The SMILES string of the molecule is CCNCc1ccc(Oc2cccc3cccnc23)nn1. The van der Waals surface area contributed by atoms with Gasteiger partial charge in [-0.25, -0.2) is 0 Å². The van der Waals surface area contributed by atoms with Crippen LogP contribution in [0.1, 0.15) is 12.6 Å². The molecule has 1 N–H and O–H groups in total. The molecule has 0 unspecified atom stereocenters. The second-order valence-electron chi connectivity index (χ2n) is 4.58. The van der Waals surface area contributed by atoms with Crippen LogP contribution in [0.5, 0.6) is 11.6 Å². The Hall–Kier alpha value is -2.53. The maximum atomic E-state index is 5.79. The molecule has 0 bridgehead atoms. The third-order valence-electron chi connectivity index (χ3n) is 3.06. The summed E-state index contributed by atoms with van der Waals surface area (Å²) in [5.74, 6) is 1.15. The third kappa shape index (κ3) is 3.14. The maximum absolute atomic E-state index is 5.79. The number of nitrogens with one attached hydrogen (secondary N) is 1. The second-order valence-corrected chi connectivity index (χ2v) is 4.58. The highest BCUT2D eigenvalue weighted by Crippen LogP contribution is 2.26. The van der Waals surface area contributed by atoms with Crippen molar-refractivity contribution in [2.45, 2.75) is 13.5 Å². The Kier molecular flexibility index (Phi) is 4.02. The van der Waals surface area contributed by atoms with Crippen molar-refractivity contribution in [3.63, 3.8) is 0 Å². The van der Waals surface area contributed by atoms with Crippen molar-refractivity contribution in [2.24, 2.45) is 0 Å². The van der Waals surface area contributed by atoms with Crippen LogP contribution >= 0.6 is 0 Å². The summed E-state index contributed by atoms with van der Waals surface area (Å²) in [4.78, 5) is 4.35. The van der Waals surface area contributed by atoms with E-state index in [1.165, 1.54) is 0 Å². The summed E-state index contributed by atoms with van der Waals surface area (Å²) in [7, 11) is 0. The van der Waals surface area contributed by atoms with Crippen molar-refractivity contribution < 1.29 is 4.74 Å². The van der Waals surface area contributed by atoms with E-state index in [2.05, 4.69) is 27.4 Å². The number of ether oxygens (including phenoxy) is 1. The second kappa shape index (κ2) is 6.28. The van der Waals surface area contributed by atoms with E-state index in [4.69, 9.17) is 4.74 Å². The van der Waals surface area contributed by atoms with E-state index in [0.29, 0.717) is 18.2 Å². The maximum Gasteiger partial charge on any atom is 0.238 e. The predicted octanol–water partition coefficient (Wildman–Crippen LogP) is 2.93. The number of benzene rings is 1. The van der Waals surface area contributed by atoms with Crippen molar-refractivity contribution in [1.29, 1.82) is 0 Å². The Labute approximate surface area is 123 Å². The van der Waals surface area contributed by atoms with E-state index in [0.717, 1.165) is 23.1 Å². The van der Waals surface area contributed by atoms with E-state index in [-0.39, 0.29) is 0 Å². The fourth-order valence-electron chi connectivity index (χ4n) is 2.02. The lowest BCUT2D eigenvalue weighted by Gasteiger charge is -2.07. The highest BCUT2D eigenvalue weighted by atomic mass is 16.5. The van der Waals surface area contributed by atoms with Crippen LogP contribution in [0.4, 0.5) is 0 Å². The first-order valence-corrected chi connectivity index (χ1v) is 6.92. The van der Waals surface area contributed by atoms with E-state index >= 15 is 0 Å². The molecular weight excluding hydrogens is 264 g/mol. The molecule has 3 rings (SSSR count). The van der Waals surface area contributed by atoms with Gasteiger partial charge < -0.3 is 10.1 Å². The van der Waals surface area contributed by atoms with Crippen LogP contribution in [0.3, 0.4) is 0 Å². The fourth-order valence-corrected chi connectivity index (χ4v) is 2.02. The Balaban J connectivity index is 1.82. The number of hydrogen-bond acceptors (Lipinski definition) is 5. The summed E-state index contributed by atoms with van der Waals surface area (Å²) in [5.41, 5.74) is 1.71. The molecule has 0 atom stereocenters. The number of pyridine rings is 1. The molecule has 5 nitrogen and oxygen atoms in total. The molecule has 0 fully saturated rings. The molecule has 0 spiro atoms. The fraction of sp³-hybridized carbons (Fsp3) is 0.188. The van der Waals surface area contributed by atoms with Crippen LogP contribution in [0.25, 0.3) is 10.9 Å². The lowest BCUT2D eigenvalue weighted by atomic mass is 10.2. The van der Waals surface area contributed by atoms with E-state index in [1.54, 1.807) is 6.20 Å². The Bertz CT molecular complexity index is 722. The summed E-state index contributed by atoms with van der Waals surface area (Å²) >= 11 is 0. The molecule has 5 heteroatoms. The predicted molar refractivity (Wildman–Crippen MR) is 81.2 cm³/mol. The standard InChI is InChI=1S/C16H16N4O/c1-2-17-11-13-8-9-15(20-19-13)21-14-7-3-5-12-6-4-10-18-16(12)14/h3-10,17H,2,11H2,1H3. The summed E-state index contributed by atoms with van der Waals surface area (Å²) in [6.45, 7) is 3.67. The van der Waals surface area contributed by atoms with Gasteiger partial charge in [0.1, 0.15) is 5.52 Å². The van der Waals surface area contributed by atoms with Crippen molar-refractivity contribution in [3.05, 3.63) is 54.4 Å². The number of rotatable bonds is 5. The summed E-state index contributed by atoms with van der Waals surface area (Å²) in [6.07, 6.45) is 1.75. The van der Waals surface area contributed by atoms with Gasteiger partial charge in [-0.15, -0.1) is 5.10 Å². The topological polar surface area (TPSA) is 59.9 Å². The van der Waals surface area contributed by atoms with E-state index in [9.17, 15) is 0 Å². The molecule has 0 aliphatic rings. The smallest absolute Gasteiger partial charge is 0.238 e. The van der Waals surface area contributed by atoms with Gasteiger partial charge >= 0.3 is 0 Å². The Morgan fingerprint density at radius 1 is 1.05 bits per heavy atom. The molecule has 0 aliphatic heterocycles. The van der Waals surface area contributed by atoms with Crippen LogP contribution < -0.4 is 10.1 Å². The third-order valence-corrected chi connectivity index (χ3v) is 3.06. The van der Waals surface area contributed by atoms with Gasteiger partial charge in [-0.05, 0) is 24.7 Å². The van der Waals surface area contributed by atoms with Gasteiger partial charge in [-0.2, -0.15) is 5.10 Å². The normalized spacial score (nSPS) is 10.7. The molecule has 21 heavy (non-hydrogen) atoms. The minimum atomic E-state index is 0.466. The van der Waals surface area contributed by atoms with Gasteiger partial charge in [-0.3, -0.25) is 4.98 Å². The Morgan fingerprint density at radius 3 is 2.76 bits per heavy atom. The molecule has 0 saturated carbocycles. The molecule has 0 amide bonds. The molecule has 1 aromatic carbocycles. The zero-order valence-corrected chi connectivity index (χ0v) is 11.8. The average Bonchev–Trinajstić information content (AvgIpc) is 2.55. The Morgan fingerprint density at radius 2 is 1.95 bits per heavy atom. The average molecular weight is 280 g/mol. The highest BCUT2D eigenvalue weighted by Gasteiger charge is 2.05. The van der Waals surface area contributed by atoms with Crippen LogP contribution in [-0.4, -0.2) is 21.7 Å². The van der Waals surface area contributed by atoms with Gasteiger partial charge in [0.05, 0.1) is 5.69 Å². The number of para-hydroxylation sites is 1.